The molecular formula is C10H28NO12P4-3. The van der Waals surface area contributed by atoms with E-state index in [1.54, 1.807) is 0 Å². The molecule has 0 radical (unpaired) electrons. The van der Waals surface area contributed by atoms with Crippen LogP contribution in [0.4, 0.5) is 0 Å². The third kappa shape index (κ3) is 37.9. The van der Waals surface area contributed by atoms with Crippen LogP contribution in [0.5, 0.6) is 0 Å². The summed E-state index contributed by atoms with van der Waals surface area (Å²) in [5.74, 6) is 0. The highest BCUT2D eigenvalue weighted by Crippen LogP contribution is 2.51. The smallest absolute Gasteiger partial charge is 0.272 e. The minimum absolute atomic E-state index is 0.265. The number of phosphoric ester groups is 1. The minimum atomic E-state index is -4.62. The fraction of sp³-hybridized carbons (Fsp3) is 1.00. The molecular weight excluding hydrogens is 450 g/mol. The standard InChI is InChI=1S/C6H16NO3P.C2H8O6P2.C2H7O3P/c1-7(2,3)5-6-10-11(4,8)9;1-7-10(5,6)8-9(2,3)4;1-5-6(2,3)4/h5-6H2,1-4H3;1-2H3,(H,3,4)(H,5,6);1-2H3,(H,3,4)/p-3. The highest BCUT2D eigenvalue weighted by atomic mass is 31.3. The van der Waals surface area contributed by atoms with E-state index in [0.29, 0.717) is 17.7 Å². The Kier molecular flexibility index (Phi) is 15.5. The van der Waals surface area contributed by atoms with Gasteiger partial charge in [0.25, 0.3) is 7.82 Å². The van der Waals surface area contributed by atoms with Crippen LogP contribution in [-0.2, 0) is 36.1 Å². The zero-order valence-electron chi connectivity index (χ0n) is 16.5. The predicted molar refractivity (Wildman–Crippen MR) is 92.2 cm³/mol. The van der Waals surface area contributed by atoms with Gasteiger partial charge in [-0.1, -0.05) is 0 Å². The highest BCUT2D eigenvalue weighted by molar-refractivity contribution is 7.62. The van der Waals surface area contributed by atoms with Gasteiger partial charge in [0.15, 0.2) is 0 Å². The molecule has 0 aliphatic heterocycles. The number of hydrogen-bond donors (Lipinski definition) is 0. The summed E-state index contributed by atoms with van der Waals surface area (Å²) in [5, 5.41) is 0. The van der Waals surface area contributed by atoms with E-state index in [1.165, 1.54) is 0 Å². The van der Waals surface area contributed by atoms with E-state index in [9.17, 15) is 37.8 Å². The van der Waals surface area contributed by atoms with Gasteiger partial charge >= 0.3 is 0 Å². The number of phosphoric acid groups is 1. The van der Waals surface area contributed by atoms with E-state index in [2.05, 4.69) is 17.9 Å². The topological polar surface area (TPSA) is 197 Å². The minimum Gasteiger partial charge on any atom is -0.779 e. The molecule has 4 atom stereocenters. The van der Waals surface area contributed by atoms with E-state index in [1.807, 2.05) is 21.1 Å². The van der Waals surface area contributed by atoms with Crippen LogP contribution in [0.1, 0.15) is 0 Å². The van der Waals surface area contributed by atoms with Crippen molar-refractivity contribution in [2.75, 3.05) is 68.5 Å². The molecule has 0 fully saturated rings. The normalized spacial score (nSPS) is 20.3. The van der Waals surface area contributed by atoms with Gasteiger partial charge in [0.1, 0.15) is 35.9 Å². The number of hydrogen-bond acceptors (Lipinski definition) is 12. The lowest BCUT2D eigenvalue weighted by atomic mass is 10.5. The van der Waals surface area contributed by atoms with E-state index < -0.39 is 30.6 Å². The quantitative estimate of drug-likeness (QED) is 0.305. The van der Waals surface area contributed by atoms with Crippen molar-refractivity contribution in [1.29, 1.82) is 0 Å². The van der Waals surface area contributed by atoms with Gasteiger partial charge in [-0.3, -0.25) is 8.88 Å². The summed E-state index contributed by atoms with van der Waals surface area (Å²) in [6.45, 7) is 3.70. The van der Waals surface area contributed by atoms with Gasteiger partial charge in [0, 0.05) is 34.2 Å². The van der Waals surface area contributed by atoms with Crippen LogP contribution in [-0.4, -0.2) is 73.0 Å². The van der Waals surface area contributed by atoms with Crippen molar-refractivity contribution in [3.05, 3.63) is 0 Å². The van der Waals surface area contributed by atoms with Crippen LogP contribution < -0.4 is 19.6 Å². The maximum absolute atomic E-state index is 10.5. The summed E-state index contributed by atoms with van der Waals surface area (Å²) in [7, 11) is -7.90. The molecule has 0 rings (SSSR count). The fourth-order valence-corrected chi connectivity index (χ4v) is 2.83. The van der Waals surface area contributed by atoms with Crippen molar-refractivity contribution >= 4 is 30.6 Å². The summed E-state index contributed by atoms with van der Waals surface area (Å²) in [6.07, 6.45) is 0. The summed E-state index contributed by atoms with van der Waals surface area (Å²) < 4.78 is 57.2. The molecule has 13 nitrogen and oxygen atoms in total. The van der Waals surface area contributed by atoms with Gasteiger partial charge < -0.3 is 51.3 Å². The van der Waals surface area contributed by atoms with Gasteiger partial charge in [0.2, 0.25) is 0 Å². The third-order valence-electron chi connectivity index (χ3n) is 1.89. The number of rotatable bonds is 8. The van der Waals surface area contributed by atoms with Gasteiger partial charge in [0.05, 0.1) is 21.1 Å². The molecule has 0 aromatic rings. The van der Waals surface area contributed by atoms with Crippen LogP contribution in [0.15, 0.2) is 0 Å². The SMILES string of the molecule is COP(=O)([O-])OP(C)(=O)[O-].COP(C)(=O)[O-].C[N+](C)(C)CCOP(C)(=O)[O-]. The largest absolute Gasteiger partial charge is 0.779 e. The van der Waals surface area contributed by atoms with Crippen LogP contribution in [0.25, 0.3) is 0 Å². The molecule has 0 saturated carbocycles. The highest BCUT2D eigenvalue weighted by Gasteiger charge is 2.11. The lowest BCUT2D eigenvalue weighted by Crippen LogP contribution is -2.37. The zero-order chi connectivity index (χ0) is 22.7. The molecule has 17 heteroatoms. The predicted octanol–water partition coefficient (Wildman–Crippen LogP) is -0.991. The molecule has 0 amide bonds. The molecule has 0 N–H and O–H groups in total. The molecule has 0 heterocycles. The Bertz CT molecular complexity index is 585. The van der Waals surface area contributed by atoms with Crippen LogP contribution in [0.2, 0.25) is 0 Å². The maximum atomic E-state index is 10.5. The van der Waals surface area contributed by atoms with Crippen molar-refractivity contribution in [1.82, 2.24) is 0 Å². The Labute approximate surface area is 160 Å². The molecule has 0 aromatic carbocycles. The Balaban J connectivity index is -0.000000334. The molecule has 0 aliphatic carbocycles. The number of nitrogens with zero attached hydrogens (tertiary/aromatic N) is 1. The summed E-state index contributed by atoms with van der Waals surface area (Å²) >= 11 is 0. The van der Waals surface area contributed by atoms with Gasteiger partial charge in [-0.2, -0.15) is 0 Å². The van der Waals surface area contributed by atoms with Crippen LogP contribution in [0, 0.1) is 0 Å². The molecule has 4 unspecified atom stereocenters. The summed E-state index contributed by atoms with van der Waals surface area (Å²) in [5.41, 5.74) is 0. The Morgan fingerprint density at radius 3 is 1.26 bits per heavy atom. The molecule has 0 spiro atoms. The molecule has 27 heavy (non-hydrogen) atoms. The van der Waals surface area contributed by atoms with Crippen molar-refractivity contribution in [3.8, 4) is 0 Å². The van der Waals surface area contributed by atoms with Gasteiger partial charge in [-0.15, -0.1) is 0 Å². The fourth-order valence-electron chi connectivity index (χ4n) is 0.695. The van der Waals surface area contributed by atoms with Crippen molar-refractivity contribution < 1.29 is 60.2 Å². The monoisotopic (exact) mass is 478 g/mol. The number of quaternary nitrogens is 1. The Morgan fingerprint density at radius 1 is 0.741 bits per heavy atom. The van der Waals surface area contributed by atoms with Crippen molar-refractivity contribution in [2.45, 2.75) is 0 Å². The second-order valence-corrected chi connectivity index (χ2v) is 13.2. The Morgan fingerprint density at radius 2 is 1.11 bits per heavy atom. The Hall–Kier alpha value is 0.560. The average molecular weight is 478 g/mol. The van der Waals surface area contributed by atoms with E-state index in [-0.39, 0.29) is 6.61 Å². The van der Waals surface area contributed by atoms with Gasteiger partial charge in [-0.05, 0) is 0 Å². The van der Waals surface area contributed by atoms with Crippen molar-refractivity contribution in [3.63, 3.8) is 0 Å². The van der Waals surface area contributed by atoms with Gasteiger partial charge in [-0.25, -0.2) is 0 Å². The molecule has 0 bridgehead atoms. The second kappa shape index (κ2) is 13.0. The maximum Gasteiger partial charge on any atom is 0.272 e. The van der Waals surface area contributed by atoms with Crippen LogP contribution in [0.3, 0.4) is 0 Å². The first-order valence-corrected chi connectivity index (χ1v) is 14.4. The number of likely N-dealkylation sites (N-methyl/N-ethyl adjacent to an activating group) is 1. The summed E-state index contributed by atoms with van der Waals surface area (Å²) in [6, 6.07) is 0. The second-order valence-electron chi connectivity index (χ2n) is 6.06. The van der Waals surface area contributed by atoms with E-state index in [0.717, 1.165) is 27.5 Å². The molecule has 0 aromatic heterocycles. The van der Waals surface area contributed by atoms with E-state index in [4.69, 9.17) is 0 Å². The van der Waals surface area contributed by atoms with Crippen LogP contribution >= 0.6 is 30.6 Å². The average Bonchev–Trinajstić information content (AvgIpc) is 2.33. The summed E-state index contributed by atoms with van der Waals surface area (Å²) in [4.78, 5) is 40.7. The lowest BCUT2D eigenvalue weighted by Gasteiger charge is -2.27. The molecule has 168 valence electrons. The van der Waals surface area contributed by atoms with Crippen molar-refractivity contribution in [2.24, 2.45) is 0 Å². The lowest BCUT2D eigenvalue weighted by molar-refractivity contribution is -0.870. The molecule has 0 saturated heterocycles. The van der Waals surface area contributed by atoms with E-state index >= 15 is 0 Å². The molecule has 0 aliphatic rings. The first-order valence-electron chi connectivity index (χ1n) is 6.98. The third-order valence-corrected chi connectivity index (χ3v) is 5.64. The first kappa shape index (κ1) is 32.2. The zero-order valence-corrected chi connectivity index (χ0v) is 20.1. The first-order chi connectivity index (χ1) is 11.5.